The molecule has 0 aliphatic heterocycles. The van der Waals surface area contributed by atoms with Crippen molar-refractivity contribution in [2.75, 3.05) is 12.8 Å². The molecule has 0 heterocycles. The van der Waals surface area contributed by atoms with Crippen LogP contribution in [0.1, 0.15) is 31.4 Å². The molecule has 4 N–H and O–H groups in total. The average molecular weight is 281 g/mol. The van der Waals surface area contributed by atoms with Crippen LogP contribution in [0.15, 0.2) is 12.1 Å². The number of aryl methyl sites for hydroxylation is 1. The van der Waals surface area contributed by atoms with Gasteiger partial charge in [0.25, 0.3) is 0 Å². The van der Waals surface area contributed by atoms with Crippen molar-refractivity contribution in [1.82, 2.24) is 0 Å². The number of benzene rings is 1. The highest BCUT2D eigenvalue weighted by atomic mass is 16.5. The van der Waals surface area contributed by atoms with E-state index in [0.717, 1.165) is 0 Å². The Hall–Kier alpha value is -2.24. The highest BCUT2D eigenvalue weighted by molar-refractivity contribution is 6.06. The van der Waals surface area contributed by atoms with Crippen LogP contribution in [0.4, 0.5) is 5.69 Å². The van der Waals surface area contributed by atoms with Crippen LogP contribution in [0, 0.1) is 0 Å². The van der Waals surface area contributed by atoms with Crippen LogP contribution in [0.3, 0.4) is 0 Å². The van der Waals surface area contributed by atoms with Crippen molar-refractivity contribution in [3.8, 4) is 5.75 Å². The Bertz CT molecular complexity index is 525. The van der Waals surface area contributed by atoms with Gasteiger partial charge in [-0.3, -0.25) is 9.59 Å². The molecule has 0 amide bonds. The van der Waals surface area contributed by atoms with E-state index < -0.39 is 17.4 Å². The molecular formula is C14H19NO5. The summed E-state index contributed by atoms with van der Waals surface area (Å²) in [4.78, 5) is 23.1. The molecule has 0 aliphatic rings. The second kappa shape index (κ2) is 5.81. The van der Waals surface area contributed by atoms with Crippen molar-refractivity contribution < 1.29 is 24.5 Å². The Balaban J connectivity index is 3.72. The van der Waals surface area contributed by atoms with Crippen molar-refractivity contribution >= 4 is 17.6 Å². The minimum Gasteiger partial charge on any atom is -0.497 e. The molecule has 0 aromatic heterocycles. The molecule has 1 rings (SSSR count). The molecule has 1 aromatic rings. The number of ether oxygens (including phenoxy) is 1. The first kappa shape index (κ1) is 15.8. The van der Waals surface area contributed by atoms with Crippen molar-refractivity contribution in [3.63, 3.8) is 0 Å². The van der Waals surface area contributed by atoms with Crippen molar-refractivity contribution in [3.05, 3.63) is 23.3 Å². The minimum absolute atomic E-state index is 0.0659. The van der Waals surface area contributed by atoms with Gasteiger partial charge in [-0.1, -0.05) is 13.8 Å². The zero-order valence-electron chi connectivity index (χ0n) is 11.8. The summed E-state index contributed by atoms with van der Waals surface area (Å²) in [5, 5.41) is 18.8. The molecule has 6 heteroatoms. The standard InChI is InChI=1S/C14H19NO5/c1-4-8-6-9(20-3)7-10(11(8)15)14(5-2,12(16)17)13(18)19/h6-7H,4-5,15H2,1-3H3,(H,16,17)(H,18,19). The van der Waals surface area contributed by atoms with Gasteiger partial charge in [0, 0.05) is 11.3 Å². The monoisotopic (exact) mass is 281 g/mol. The van der Waals surface area contributed by atoms with E-state index >= 15 is 0 Å². The molecule has 0 saturated heterocycles. The fourth-order valence-corrected chi connectivity index (χ4v) is 2.26. The van der Waals surface area contributed by atoms with Crippen molar-refractivity contribution in [2.24, 2.45) is 0 Å². The summed E-state index contributed by atoms with van der Waals surface area (Å²) in [5.41, 5.74) is 4.83. The van der Waals surface area contributed by atoms with Crippen molar-refractivity contribution in [1.29, 1.82) is 0 Å². The van der Waals surface area contributed by atoms with Gasteiger partial charge in [0.15, 0.2) is 5.41 Å². The number of hydrogen-bond donors (Lipinski definition) is 3. The fourth-order valence-electron chi connectivity index (χ4n) is 2.26. The first-order valence-electron chi connectivity index (χ1n) is 6.28. The van der Waals surface area contributed by atoms with Crippen LogP contribution < -0.4 is 10.5 Å². The third kappa shape index (κ3) is 2.29. The summed E-state index contributed by atoms with van der Waals surface area (Å²) < 4.78 is 5.11. The van der Waals surface area contributed by atoms with E-state index in [4.69, 9.17) is 10.5 Å². The van der Waals surface area contributed by atoms with Crippen LogP contribution in [0.25, 0.3) is 0 Å². The van der Waals surface area contributed by atoms with Gasteiger partial charge >= 0.3 is 11.9 Å². The van der Waals surface area contributed by atoms with Crippen molar-refractivity contribution in [2.45, 2.75) is 32.1 Å². The molecule has 0 spiro atoms. The van der Waals surface area contributed by atoms with E-state index in [1.165, 1.54) is 20.1 Å². The number of rotatable bonds is 6. The summed E-state index contributed by atoms with van der Waals surface area (Å²) in [5.74, 6) is -2.48. The van der Waals surface area contributed by atoms with Gasteiger partial charge in [0.05, 0.1) is 7.11 Å². The maximum absolute atomic E-state index is 11.6. The highest BCUT2D eigenvalue weighted by Gasteiger charge is 2.48. The number of carboxylic acid groups (broad SMARTS) is 2. The summed E-state index contributed by atoms with van der Waals surface area (Å²) in [6.45, 7) is 3.36. The second-order valence-corrected chi connectivity index (χ2v) is 4.47. The van der Waals surface area contributed by atoms with Gasteiger partial charge in [0.1, 0.15) is 5.75 Å². The lowest BCUT2D eigenvalue weighted by atomic mass is 9.76. The number of anilines is 1. The van der Waals surface area contributed by atoms with Crippen LogP contribution in [-0.2, 0) is 21.4 Å². The van der Waals surface area contributed by atoms with Gasteiger partial charge in [-0.25, -0.2) is 0 Å². The maximum Gasteiger partial charge on any atom is 0.325 e. The Labute approximate surface area is 117 Å². The van der Waals surface area contributed by atoms with Crippen LogP contribution in [-0.4, -0.2) is 29.3 Å². The van der Waals surface area contributed by atoms with E-state index in [1.807, 2.05) is 6.92 Å². The highest BCUT2D eigenvalue weighted by Crippen LogP contribution is 2.37. The molecule has 20 heavy (non-hydrogen) atoms. The van der Waals surface area contributed by atoms with Gasteiger partial charge in [-0.15, -0.1) is 0 Å². The number of hydrogen-bond acceptors (Lipinski definition) is 4. The second-order valence-electron chi connectivity index (χ2n) is 4.47. The SMILES string of the molecule is CCc1cc(OC)cc(C(CC)(C(=O)O)C(=O)O)c1N. The number of nitrogen functional groups attached to an aromatic ring is 1. The van der Waals surface area contributed by atoms with Gasteiger partial charge in [0.2, 0.25) is 0 Å². The number of nitrogens with two attached hydrogens (primary N) is 1. The smallest absolute Gasteiger partial charge is 0.325 e. The minimum atomic E-state index is -2.07. The quantitative estimate of drug-likeness (QED) is 0.540. The summed E-state index contributed by atoms with van der Waals surface area (Å²) in [7, 11) is 1.43. The number of carbonyl (C=O) groups is 2. The molecule has 110 valence electrons. The van der Waals surface area contributed by atoms with Gasteiger partial charge in [-0.05, 0) is 30.5 Å². The largest absolute Gasteiger partial charge is 0.497 e. The van der Waals surface area contributed by atoms with Crippen LogP contribution in [0.2, 0.25) is 0 Å². The Morgan fingerprint density at radius 2 is 1.80 bits per heavy atom. The Kier molecular flexibility index (Phi) is 4.60. The molecule has 0 aliphatic carbocycles. The zero-order valence-corrected chi connectivity index (χ0v) is 11.8. The lowest BCUT2D eigenvalue weighted by Gasteiger charge is -2.26. The van der Waals surface area contributed by atoms with E-state index in [0.29, 0.717) is 17.7 Å². The molecule has 0 atom stereocenters. The number of aliphatic carboxylic acids is 2. The average Bonchev–Trinajstić information content (AvgIpc) is 2.41. The summed E-state index contributed by atoms with van der Waals surface area (Å²) in [6, 6.07) is 3.07. The van der Waals surface area contributed by atoms with Crippen LogP contribution in [0.5, 0.6) is 5.75 Å². The normalized spacial score (nSPS) is 11.2. The van der Waals surface area contributed by atoms with Gasteiger partial charge < -0.3 is 20.7 Å². The molecule has 0 bridgehead atoms. The van der Waals surface area contributed by atoms with E-state index in [-0.39, 0.29) is 17.7 Å². The maximum atomic E-state index is 11.6. The van der Waals surface area contributed by atoms with E-state index in [1.54, 1.807) is 6.07 Å². The number of methoxy groups -OCH3 is 1. The Morgan fingerprint density at radius 1 is 1.25 bits per heavy atom. The molecule has 6 nitrogen and oxygen atoms in total. The molecule has 0 unspecified atom stereocenters. The number of carboxylic acids is 2. The lowest BCUT2D eigenvalue weighted by molar-refractivity contribution is -0.157. The van der Waals surface area contributed by atoms with Gasteiger partial charge in [-0.2, -0.15) is 0 Å². The topological polar surface area (TPSA) is 110 Å². The molecule has 0 radical (unpaired) electrons. The summed E-state index contributed by atoms with van der Waals surface area (Å²) in [6.07, 6.45) is 0.438. The third-order valence-electron chi connectivity index (χ3n) is 3.58. The van der Waals surface area contributed by atoms with Crippen LogP contribution >= 0.6 is 0 Å². The first-order chi connectivity index (χ1) is 9.34. The summed E-state index contributed by atoms with van der Waals surface area (Å²) >= 11 is 0. The molecule has 0 saturated carbocycles. The molecular weight excluding hydrogens is 262 g/mol. The van der Waals surface area contributed by atoms with E-state index in [2.05, 4.69) is 0 Å². The lowest BCUT2D eigenvalue weighted by Crippen LogP contribution is -2.44. The van der Waals surface area contributed by atoms with E-state index in [9.17, 15) is 19.8 Å². The molecule has 1 aromatic carbocycles. The first-order valence-corrected chi connectivity index (χ1v) is 6.28. The Morgan fingerprint density at radius 3 is 2.15 bits per heavy atom. The fraction of sp³-hybridized carbons (Fsp3) is 0.429. The third-order valence-corrected chi connectivity index (χ3v) is 3.58. The molecule has 0 fully saturated rings. The predicted octanol–water partition coefficient (Wildman–Crippen LogP) is 1.66. The predicted molar refractivity (Wildman–Crippen MR) is 74.0 cm³/mol. The zero-order chi connectivity index (χ0) is 15.5.